The number of sulfonamides is 1. The van der Waals surface area contributed by atoms with Crippen molar-refractivity contribution in [3.05, 3.63) is 90.9 Å². The molecule has 0 atom stereocenters. The fraction of sp³-hybridized carbons (Fsp3) is 0. The summed E-state index contributed by atoms with van der Waals surface area (Å²) in [5.41, 5.74) is 2.90. The van der Waals surface area contributed by atoms with Crippen molar-refractivity contribution < 1.29 is 12.8 Å². The zero-order valence-corrected chi connectivity index (χ0v) is 17.2. The number of aromatic nitrogens is 5. The molecule has 0 unspecified atom stereocenters. The van der Waals surface area contributed by atoms with Crippen LogP contribution in [0, 0.1) is 5.82 Å². The highest BCUT2D eigenvalue weighted by Crippen LogP contribution is 2.24. The molecule has 5 rings (SSSR count). The molecule has 0 aliphatic rings. The Labute approximate surface area is 182 Å². The predicted octanol–water partition coefficient (Wildman–Crippen LogP) is 3.79. The molecule has 0 bridgehead atoms. The fourth-order valence-electron chi connectivity index (χ4n) is 3.18. The van der Waals surface area contributed by atoms with Crippen molar-refractivity contribution in [2.45, 2.75) is 4.90 Å². The van der Waals surface area contributed by atoms with Gasteiger partial charge in [-0.3, -0.25) is 9.71 Å². The molecule has 1 N–H and O–H groups in total. The van der Waals surface area contributed by atoms with E-state index in [1.54, 1.807) is 47.1 Å². The Morgan fingerprint density at radius 3 is 2.34 bits per heavy atom. The lowest BCUT2D eigenvalue weighted by Crippen LogP contribution is -2.14. The zero-order chi connectivity index (χ0) is 22.1. The Hall–Kier alpha value is -4.18. The molecule has 158 valence electrons. The van der Waals surface area contributed by atoms with E-state index in [2.05, 4.69) is 25.0 Å². The molecule has 0 radical (unpaired) electrons. The van der Waals surface area contributed by atoms with Gasteiger partial charge in [-0.15, -0.1) is 10.2 Å². The van der Waals surface area contributed by atoms with Gasteiger partial charge in [-0.25, -0.2) is 12.8 Å². The summed E-state index contributed by atoms with van der Waals surface area (Å²) in [6.45, 7) is 0. The fourth-order valence-corrected chi connectivity index (χ4v) is 4.32. The van der Waals surface area contributed by atoms with E-state index in [1.807, 2.05) is 18.2 Å². The summed E-state index contributed by atoms with van der Waals surface area (Å²) in [5, 5.41) is 12.9. The van der Waals surface area contributed by atoms with E-state index in [1.165, 1.54) is 18.2 Å². The number of nitrogens with zero attached hydrogens (tertiary/aromatic N) is 5. The van der Waals surface area contributed by atoms with Crippen molar-refractivity contribution >= 4 is 21.4 Å². The third kappa shape index (κ3) is 3.67. The van der Waals surface area contributed by atoms with Crippen LogP contribution in [0.5, 0.6) is 0 Å². The van der Waals surface area contributed by atoms with Gasteiger partial charge >= 0.3 is 0 Å². The van der Waals surface area contributed by atoms with Gasteiger partial charge in [0.15, 0.2) is 5.65 Å². The van der Waals surface area contributed by atoms with E-state index >= 15 is 0 Å². The van der Waals surface area contributed by atoms with Gasteiger partial charge in [0.2, 0.25) is 5.82 Å². The first kappa shape index (κ1) is 19.8. The van der Waals surface area contributed by atoms with Gasteiger partial charge in [-0.05, 0) is 48.5 Å². The third-order valence-electron chi connectivity index (χ3n) is 4.72. The Balaban J connectivity index is 1.45. The first-order valence-corrected chi connectivity index (χ1v) is 11.0. The van der Waals surface area contributed by atoms with Gasteiger partial charge in [-0.1, -0.05) is 30.3 Å². The van der Waals surface area contributed by atoms with Crippen LogP contribution in [0.2, 0.25) is 0 Å². The van der Waals surface area contributed by atoms with E-state index in [-0.39, 0.29) is 0 Å². The smallest absolute Gasteiger partial charge is 0.264 e. The van der Waals surface area contributed by atoms with E-state index in [4.69, 9.17) is 0 Å². The molecule has 5 aromatic rings. The maximum atomic E-state index is 13.9. The average Bonchev–Trinajstić information content (AvgIpc) is 3.23. The van der Waals surface area contributed by atoms with E-state index in [0.717, 1.165) is 11.6 Å². The molecule has 10 heteroatoms. The van der Waals surface area contributed by atoms with Gasteiger partial charge in [-0.2, -0.15) is 9.61 Å². The standard InChI is InChI=1S/C22H15FN6O2S/c23-17-5-1-2-7-20(17)32(30,31)28-16-10-8-15(9-11-16)18-12-13-21-25-26-22(29(21)27-18)19-6-3-4-14-24-19/h1-14,28H. The SMILES string of the molecule is O=S(=O)(Nc1ccc(-c2ccc3nnc(-c4ccccn4)n3n2)cc1)c1ccccc1F. The molecule has 32 heavy (non-hydrogen) atoms. The lowest BCUT2D eigenvalue weighted by molar-refractivity contribution is 0.570. The van der Waals surface area contributed by atoms with Crippen LogP contribution in [0.25, 0.3) is 28.4 Å². The maximum absolute atomic E-state index is 13.9. The van der Waals surface area contributed by atoms with Crippen LogP contribution < -0.4 is 4.72 Å². The molecular formula is C22H15FN6O2S. The molecule has 0 amide bonds. The van der Waals surface area contributed by atoms with Crippen LogP contribution in [-0.4, -0.2) is 33.2 Å². The number of halogens is 1. The minimum atomic E-state index is -4.05. The first-order chi connectivity index (χ1) is 15.5. The quantitative estimate of drug-likeness (QED) is 0.441. The summed E-state index contributed by atoms with van der Waals surface area (Å²) in [7, 11) is -4.05. The summed E-state index contributed by atoms with van der Waals surface area (Å²) >= 11 is 0. The van der Waals surface area contributed by atoms with Gasteiger partial charge in [0.1, 0.15) is 16.4 Å². The Kier molecular flexibility index (Phi) is 4.83. The number of benzene rings is 2. The number of hydrogen-bond acceptors (Lipinski definition) is 6. The van der Waals surface area contributed by atoms with Crippen molar-refractivity contribution in [1.29, 1.82) is 0 Å². The summed E-state index contributed by atoms with van der Waals surface area (Å²) in [6, 6.07) is 20.9. The molecule has 2 aromatic carbocycles. The molecule has 8 nitrogen and oxygen atoms in total. The summed E-state index contributed by atoms with van der Waals surface area (Å²) in [6.07, 6.45) is 1.67. The Morgan fingerprint density at radius 1 is 0.812 bits per heavy atom. The monoisotopic (exact) mass is 446 g/mol. The van der Waals surface area contributed by atoms with E-state index in [9.17, 15) is 12.8 Å². The van der Waals surface area contributed by atoms with Crippen molar-refractivity contribution in [3.8, 4) is 22.8 Å². The van der Waals surface area contributed by atoms with E-state index < -0.39 is 20.7 Å². The molecule has 0 aliphatic carbocycles. The molecule has 0 aliphatic heterocycles. The number of nitrogens with one attached hydrogen (secondary N) is 1. The molecule has 0 spiro atoms. The van der Waals surface area contributed by atoms with Crippen LogP contribution >= 0.6 is 0 Å². The van der Waals surface area contributed by atoms with Crippen molar-refractivity contribution in [3.63, 3.8) is 0 Å². The molecule has 3 heterocycles. The van der Waals surface area contributed by atoms with E-state index in [0.29, 0.717) is 28.5 Å². The normalized spacial score (nSPS) is 11.5. The second-order valence-electron chi connectivity index (χ2n) is 6.84. The average molecular weight is 446 g/mol. The Bertz CT molecular complexity index is 1520. The summed E-state index contributed by atoms with van der Waals surface area (Å²) in [4.78, 5) is 3.88. The topological polar surface area (TPSA) is 102 Å². The minimum absolute atomic E-state index is 0.302. The minimum Gasteiger partial charge on any atom is -0.280 e. The number of fused-ring (bicyclic) bond motifs is 1. The number of pyridine rings is 1. The highest BCUT2D eigenvalue weighted by molar-refractivity contribution is 7.92. The lowest BCUT2D eigenvalue weighted by atomic mass is 10.1. The van der Waals surface area contributed by atoms with Crippen molar-refractivity contribution in [2.75, 3.05) is 4.72 Å². The highest BCUT2D eigenvalue weighted by Gasteiger charge is 2.18. The zero-order valence-electron chi connectivity index (χ0n) is 16.4. The number of hydrogen-bond donors (Lipinski definition) is 1. The third-order valence-corrected chi connectivity index (χ3v) is 6.13. The largest absolute Gasteiger partial charge is 0.280 e. The number of anilines is 1. The number of rotatable bonds is 5. The van der Waals surface area contributed by atoms with Crippen LogP contribution in [0.1, 0.15) is 0 Å². The van der Waals surface area contributed by atoms with Gasteiger partial charge in [0.05, 0.1) is 5.69 Å². The molecule has 0 saturated heterocycles. The van der Waals surface area contributed by atoms with Crippen molar-refractivity contribution in [1.82, 2.24) is 24.8 Å². The lowest BCUT2D eigenvalue weighted by Gasteiger charge is -2.09. The van der Waals surface area contributed by atoms with Crippen LogP contribution in [-0.2, 0) is 10.0 Å². The Morgan fingerprint density at radius 2 is 1.59 bits per heavy atom. The van der Waals surface area contributed by atoms with Crippen LogP contribution in [0.3, 0.4) is 0 Å². The van der Waals surface area contributed by atoms with Crippen LogP contribution in [0.15, 0.2) is 90.0 Å². The second-order valence-corrected chi connectivity index (χ2v) is 8.49. The summed E-state index contributed by atoms with van der Waals surface area (Å²) in [5.74, 6) is -0.302. The van der Waals surface area contributed by atoms with Gasteiger partial charge in [0.25, 0.3) is 10.0 Å². The van der Waals surface area contributed by atoms with Crippen LogP contribution in [0.4, 0.5) is 10.1 Å². The van der Waals surface area contributed by atoms with Gasteiger partial charge in [0, 0.05) is 17.4 Å². The molecular weight excluding hydrogens is 431 g/mol. The summed E-state index contributed by atoms with van der Waals surface area (Å²) < 4.78 is 42.8. The second kappa shape index (κ2) is 7.82. The highest BCUT2D eigenvalue weighted by atomic mass is 32.2. The first-order valence-electron chi connectivity index (χ1n) is 9.53. The van der Waals surface area contributed by atoms with Gasteiger partial charge < -0.3 is 0 Å². The maximum Gasteiger partial charge on any atom is 0.264 e. The molecule has 3 aromatic heterocycles. The molecule has 0 fully saturated rings. The predicted molar refractivity (Wildman–Crippen MR) is 117 cm³/mol. The van der Waals surface area contributed by atoms with Crippen molar-refractivity contribution in [2.24, 2.45) is 0 Å². The molecule has 0 saturated carbocycles.